The minimum Gasteiger partial charge on any atom is -0.135 e. The van der Waals surface area contributed by atoms with Crippen molar-refractivity contribution in [2.24, 2.45) is 0 Å². The maximum Gasteiger partial charge on any atom is 0.0420 e. The fourth-order valence-electron chi connectivity index (χ4n) is 3.34. The molecule has 0 aliphatic heterocycles. The molecule has 0 radical (unpaired) electrons. The average molecular weight is 424 g/mol. The molecule has 25 heavy (non-hydrogen) atoms. The first-order valence-electron chi connectivity index (χ1n) is 7.99. The molecule has 0 unspecified atom stereocenters. The highest BCUT2D eigenvalue weighted by Crippen LogP contribution is 2.38. The van der Waals surface area contributed by atoms with Crippen LogP contribution in [0.4, 0.5) is 0 Å². The molecule has 5 aromatic rings. The third-order valence-electron chi connectivity index (χ3n) is 4.60. The fourth-order valence-corrected chi connectivity index (χ4v) is 5.26. The summed E-state index contributed by atoms with van der Waals surface area (Å²) in [6.45, 7) is 0. The molecule has 1 aromatic heterocycles. The van der Waals surface area contributed by atoms with Crippen LogP contribution in [-0.2, 0) is 0 Å². The molecule has 0 aliphatic rings. The van der Waals surface area contributed by atoms with Crippen LogP contribution in [0.3, 0.4) is 0 Å². The molecule has 1 heterocycles. The maximum absolute atomic E-state index is 6.15. The van der Waals surface area contributed by atoms with Gasteiger partial charge in [0.15, 0.2) is 0 Å². The normalized spacial score (nSPS) is 11.6. The van der Waals surface area contributed by atoms with Gasteiger partial charge in [-0.05, 0) is 52.2 Å². The lowest BCUT2D eigenvalue weighted by molar-refractivity contribution is 1.67. The smallest absolute Gasteiger partial charge is 0.0420 e. The van der Waals surface area contributed by atoms with Gasteiger partial charge in [-0.2, -0.15) is 0 Å². The number of benzene rings is 4. The molecule has 0 nitrogen and oxygen atoms in total. The van der Waals surface area contributed by atoms with E-state index in [1.54, 1.807) is 11.3 Å². The largest absolute Gasteiger partial charge is 0.135 e. The van der Waals surface area contributed by atoms with Gasteiger partial charge in [0.1, 0.15) is 0 Å². The number of thiophene rings is 1. The van der Waals surface area contributed by atoms with E-state index in [1.165, 1.54) is 42.1 Å². The van der Waals surface area contributed by atoms with E-state index in [4.69, 9.17) is 11.6 Å². The average Bonchev–Trinajstić information content (AvgIpc) is 2.98. The van der Waals surface area contributed by atoms with E-state index in [2.05, 4.69) is 76.6 Å². The first-order chi connectivity index (χ1) is 12.2. The van der Waals surface area contributed by atoms with Crippen LogP contribution in [0.1, 0.15) is 0 Å². The van der Waals surface area contributed by atoms with E-state index < -0.39 is 0 Å². The summed E-state index contributed by atoms with van der Waals surface area (Å²) in [6, 6.07) is 25.8. The van der Waals surface area contributed by atoms with Gasteiger partial charge in [0.25, 0.3) is 0 Å². The molecule has 3 heteroatoms. The second kappa shape index (κ2) is 5.84. The van der Waals surface area contributed by atoms with Gasteiger partial charge in [-0.15, -0.1) is 11.3 Å². The van der Waals surface area contributed by atoms with Crippen LogP contribution in [0.2, 0.25) is 5.02 Å². The maximum atomic E-state index is 6.15. The van der Waals surface area contributed by atoms with E-state index in [1.807, 2.05) is 12.1 Å². The standard InChI is InChI=1S/C22H12BrClS/c23-20-3-1-2-13-4-5-14(10-19(13)20)15-6-8-17-18-9-7-16(24)12-22(18)25-21(17)11-15/h1-12H. The first-order valence-corrected chi connectivity index (χ1v) is 9.98. The van der Waals surface area contributed by atoms with Gasteiger partial charge in [-0.3, -0.25) is 0 Å². The summed E-state index contributed by atoms with van der Waals surface area (Å²) in [5.41, 5.74) is 2.47. The topological polar surface area (TPSA) is 0 Å². The minimum absolute atomic E-state index is 0.790. The van der Waals surface area contributed by atoms with E-state index in [0.717, 1.165) is 9.50 Å². The fraction of sp³-hybridized carbons (Fsp3) is 0. The lowest BCUT2D eigenvalue weighted by atomic mass is 10.0. The molecule has 0 fully saturated rings. The summed E-state index contributed by atoms with van der Waals surface area (Å²) in [5.74, 6) is 0. The van der Waals surface area contributed by atoms with Gasteiger partial charge >= 0.3 is 0 Å². The van der Waals surface area contributed by atoms with Crippen molar-refractivity contribution in [2.75, 3.05) is 0 Å². The molecule has 5 rings (SSSR count). The molecule has 0 bridgehead atoms. The zero-order valence-electron chi connectivity index (χ0n) is 13.1. The van der Waals surface area contributed by atoms with Crippen molar-refractivity contribution in [3.8, 4) is 11.1 Å². The zero-order chi connectivity index (χ0) is 17.0. The Morgan fingerprint density at radius 1 is 0.680 bits per heavy atom. The van der Waals surface area contributed by atoms with Gasteiger partial charge in [-0.1, -0.05) is 70.0 Å². The highest BCUT2D eigenvalue weighted by atomic mass is 79.9. The second-order valence-corrected chi connectivity index (χ2v) is 8.50. The van der Waals surface area contributed by atoms with Crippen LogP contribution in [0.5, 0.6) is 0 Å². The van der Waals surface area contributed by atoms with Crippen LogP contribution in [-0.4, -0.2) is 0 Å². The quantitative estimate of drug-likeness (QED) is 0.254. The lowest BCUT2D eigenvalue weighted by Gasteiger charge is -2.06. The third-order valence-corrected chi connectivity index (χ3v) is 6.64. The van der Waals surface area contributed by atoms with Gasteiger partial charge in [0, 0.05) is 29.7 Å². The van der Waals surface area contributed by atoms with Gasteiger partial charge in [0.05, 0.1) is 0 Å². The number of hydrogen-bond donors (Lipinski definition) is 0. The minimum atomic E-state index is 0.790. The Morgan fingerprint density at radius 3 is 2.28 bits per heavy atom. The Balaban J connectivity index is 1.72. The number of halogens is 2. The van der Waals surface area contributed by atoms with Gasteiger partial charge in [-0.25, -0.2) is 0 Å². The Kier molecular flexibility index (Phi) is 3.60. The Morgan fingerprint density at radius 2 is 1.40 bits per heavy atom. The van der Waals surface area contributed by atoms with E-state index in [0.29, 0.717) is 0 Å². The van der Waals surface area contributed by atoms with E-state index in [9.17, 15) is 0 Å². The summed E-state index contributed by atoms with van der Waals surface area (Å²) < 4.78 is 3.66. The highest BCUT2D eigenvalue weighted by Gasteiger charge is 2.08. The molecule has 4 aromatic carbocycles. The van der Waals surface area contributed by atoms with Gasteiger partial charge in [0.2, 0.25) is 0 Å². The molecule has 0 N–H and O–H groups in total. The van der Waals surface area contributed by atoms with Crippen LogP contribution >= 0.6 is 38.9 Å². The molecule has 0 atom stereocenters. The second-order valence-electron chi connectivity index (χ2n) is 6.13. The number of fused-ring (bicyclic) bond motifs is 4. The molecule has 0 saturated heterocycles. The van der Waals surface area contributed by atoms with Crippen molar-refractivity contribution >= 4 is 69.8 Å². The summed E-state index contributed by atoms with van der Waals surface area (Å²) in [6.07, 6.45) is 0. The van der Waals surface area contributed by atoms with Crippen LogP contribution in [0.25, 0.3) is 42.1 Å². The zero-order valence-corrected chi connectivity index (χ0v) is 16.3. The Bertz CT molecular complexity index is 1270. The van der Waals surface area contributed by atoms with Gasteiger partial charge < -0.3 is 0 Å². The third kappa shape index (κ3) is 2.56. The molecule has 120 valence electrons. The van der Waals surface area contributed by atoms with Crippen molar-refractivity contribution in [2.45, 2.75) is 0 Å². The van der Waals surface area contributed by atoms with Crippen molar-refractivity contribution in [1.29, 1.82) is 0 Å². The number of hydrogen-bond acceptors (Lipinski definition) is 1. The van der Waals surface area contributed by atoms with Crippen molar-refractivity contribution in [1.82, 2.24) is 0 Å². The molecule has 0 saturated carbocycles. The van der Waals surface area contributed by atoms with E-state index in [-0.39, 0.29) is 0 Å². The SMILES string of the molecule is Clc1ccc2c(c1)sc1cc(-c3ccc4cccc(Br)c4c3)ccc12. The lowest BCUT2D eigenvalue weighted by Crippen LogP contribution is -1.80. The summed E-state index contributed by atoms with van der Waals surface area (Å²) in [5, 5.41) is 5.84. The summed E-state index contributed by atoms with van der Waals surface area (Å²) >= 11 is 11.6. The van der Waals surface area contributed by atoms with Crippen molar-refractivity contribution in [3.63, 3.8) is 0 Å². The molecular weight excluding hydrogens is 412 g/mol. The highest BCUT2D eigenvalue weighted by molar-refractivity contribution is 9.10. The molecule has 0 spiro atoms. The predicted molar refractivity (Wildman–Crippen MR) is 115 cm³/mol. The van der Waals surface area contributed by atoms with Crippen LogP contribution in [0, 0.1) is 0 Å². The van der Waals surface area contributed by atoms with Crippen LogP contribution < -0.4 is 0 Å². The molecular formula is C22H12BrClS. The predicted octanol–water partition coefficient (Wildman–Crippen LogP) is 8.29. The number of rotatable bonds is 1. The molecule has 0 amide bonds. The first kappa shape index (κ1) is 15.4. The van der Waals surface area contributed by atoms with Crippen LogP contribution in [0.15, 0.2) is 77.3 Å². The van der Waals surface area contributed by atoms with Crippen molar-refractivity contribution in [3.05, 3.63) is 82.3 Å². The Hall–Kier alpha value is -1.87. The summed E-state index contributed by atoms with van der Waals surface area (Å²) in [7, 11) is 0. The Labute approximate surface area is 162 Å². The summed E-state index contributed by atoms with van der Waals surface area (Å²) in [4.78, 5) is 0. The molecule has 0 aliphatic carbocycles. The monoisotopic (exact) mass is 422 g/mol. The van der Waals surface area contributed by atoms with Crippen molar-refractivity contribution < 1.29 is 0 Å². The van der Waals surface area contributed by atoms with E-state index >= 15 is 0 Å².